The van der Waals surface area contributed by atoms with E-state index < -0.39 is 5.43 Å². The Morgan fingerprint density at radius 3 is 1.89 bits per heavy atom. The summed E-state index contributed by atoms with van der Waals surface area (Å²) in [6.45, 7) is -0.181. The highest BCUT2D eigenvalue weighted by atomic mass is 16.5. The van der Waals surface area contributed by atoms with Gasteiger partial charge in [0.05, 0.1) is 30.6 Å². The van der Waals surface area contributed by atoms with Crippen LogP contribution in [0.2, 0.25) is 0 Å². The number of rotatable bonds is 7. The van der Waals surface area contributed by atoms with Gasteiger partial charge in [0.15, 0.2) is 40.1 Å². The Labute approximate surface area is 305 Å². The van der Waals surface area contributed by atoms with E-state index in [9.17, 15) is 24.6 Å². The van der Waals surface area contributed by atoms with Crippen LogP contribution in [0.25, 0.3) is 66.4 Å². The normalized spacial score (nSPS) is 10.9. The van der Waals surface area contributed by atoms with Crippen LogP contribution in [0.3, 0.4) is 0 Å². The number of carbonyl (C=O) groups excluding carboxylic acids is 1. The van der Waals surface area contributed by atoms with Crippen LogP contribution in [-0.2, 0) is 4.79 Å². The maximum absolute atomic E-state index is 12.7. The third-order valence-electron chi connectivity index (χ3n) is 8.55. The van der Waals surface area contributed by atoms with Crippen molar-refractivity contribution in [3.05, 3.63) is 124 Å². The molecular formula is C41H31N3O10. The van der Waals surface area contributed by atoms with E-state index in [1.165, 1.54) is 33.4 Å². The topological polar surface area (TPSA) is 183 Å². The van der Waals surface area contributed by atoms with Crippen LogP contribution in [0.4, 0.5) is 0 Å². The molecule has 8 aromatic rings. The summed E-state index contributed by atoms with van der Waals surface area (Å²) >= 11 is 0. The molecule has 1 amide bonds. The maximum atomic E-state index is 12.7. The lowest BCUT2D eigenvalue weighted by atomic mass is 10.1. The Bertz CT molecular complexity index is 2850. The number of fused-ring (bicyclic) bond motifs is 4. The molecule has 0 aliphatic heterocycles. The van der Waals surface area contributed by atoms with Crippen LogP contribution >= 0.6 is 0 Å². The van der Waals surface area contributed by atoms with E-state index in [4.69, 9.17) is 23.0 Å². The number of pyridine rings is 2. The van der Waals surface area contributed by atoms with Crippen LogP contribution in [-0.4, -0.2) is 54.0 Å². The van der Waals surface area contributed by atoms with Gasteiger partial charge in [0.2, 0.25) is 11.5 Å². The van der Waals surface area contributed by atoms with Crippen molar-refractivity contribution in [3.63, 3.8) is 0 Å². The Morgan fingerprint density at radius 2 is 1.30 bits per heavy atom. The van der Waals surface area contributed by atoms with Gasteiger partial charge in [0, 0.05) is 59.5 Å². The number of methoxy groups -OCH3 is 2. The number of aromatic hydroxyl groups is 2. The van der Waals surface area contributed by atoms with Crippen molar-refractivity contribution < 1.29 is 38.1 Å². The molecular weight excluding hydrogens is 694 g/mol. The third kappa shape index (κ3) is 6.68. The van der Waals surface area contributed by atoms with Gasteiger partial charge >= 0.3 is 0 Å². The summed E-state index contributed by atoms with van der Waals surface area (Å²) in [5.41, 5.74) is 2.70. The van der Waals surface area contributed by atoms with Gasteiger partial charge in [0.1, 0.15) is 22.7 Å². The number of hydrogen-bond acceptors (Lipinski definition) is 12. The molecule has 0 saturated carbocycles. The molecule has 0 fully saturated rings. The van der Waals surface area contributed by atoms with Gasteiger partial charge in [-0.25, -0.2) is 0 Å². The van der Waals surface area contributed by atoms with E-state index in [1.54, 1.807) is 30.6 Å². The number of aromatic nitrogens is 2. The average molecular weight is 726 g/mol. The molecule has 54 heavy (non-hydrogen) atoms. The second-order valence-electron chi connectivity index (χ2n) is 11.9. The van der Waals surface area contributed by atoms with Crippen molar-refractivity contribution in [1.29, 1.82) is 0 Å². The van der Waals surface area contributed by atoms with Gasteiger partial charge in [-0.05, 0) is 60.7 Å². The lowest BCUT2D eigenvalue weighted by Crippen LogP contribution is -2.24. The number of carbonyl (C=O) groups is 1. The summed E-state index contributed by atoms with van der Waals surface area (Å²) in [4.78, 5) is 45.2. The fourth-order valence-corrected chi connectivity index (χ4v) is 5.92. The van der Waals surface area contributed by atoms with Crippen LogP contribution in [0.1, 0.15) is 0 Å². The fraction of sp³-hybridized carbons (Fsp3) is 0.0976. The molecule has 0 saturated heterocycles. The molecule has 0 aliphatic rings. The summed E-state index contributed by atoms with van der Waals surface area (Å²) in [5, 5.41) is 24.5. The van der Waals surface area contributed by atoms with Gasteiger partial charge in [-0.1, -0.05) is 12.1 Å². The second kappa shape index (κ2) is 14.7. The van der Waals surface area contributed by atoms with Gasteiger partial charge < -0.3 is 38.6 Å². The van der Waals surface area contributed by atoms with Gasteiger partial charge in [-0.3, -0.25) is 24.4 Å². The molecule has 4 heterocycles. The lowest BCUT2D eigenvalue weighted by Gasteiger charge is -2.12. The summed E-state index contributed by atoms with van der Waals surface area (Å²) in [5.74, 6) is 0.300. The Hall–Kier alpha value is -7.41. The number of benzene rings is 4. The number of nitrogens with one attached hydrogen (secondary N) is 1. The number of phenolic OH excluding ortho intramolecular Hbond substituents is 2. The highest BCUT2D eigenvalue weighted by Gasteiger charge is 2.20. The second-order valence-corrected chi connectivity index (χ2v) is 11.9. The number of ether oxygens (including phenoxy) is 3. The zero-order valence-corrected chi connectivity index (χ0v) is 29.1. The number of hydrogen-bond donors (Lipinski definition) is 3. The molecule has 4 aromatic carbocycles. The van der Waals surface area contributed by atoms with Crippen molar-refractivity contribution in [2.24, 2.45) is 0 Å². The minimum atomic E-state index is -0.432. The minimum absolute atomic E-state index is 0.00536. The fourth-order valence-electron chi connectivity index (χ4n) is 5.92. The van der Waals surface area contributed by atoms with Crippen LogP contribution in [0.5, 0.6) is 28.7 Å². The van der Waals surface area contributed by atoms with E-state index in [0.717, 1.165) is 33.4 Å². The number of phenols is 2. The maximum Gasteiger partial charge on any atom is 0.257 e. The monoisotopic (exact) mass is 725 g/mol. The number of likely N-dealkylation sites (N-methyl/N-ethyl adjacent to an activating group) is 1. The first-order valence-corrected chi connectivity index (χ1v) is 16.4. The summed E-state index contributed by atoms with van der Waals surface area (Å²) in [6.07, 6.45) is 3.43. The van der Waals surface area contributed by atoms with Crippen LogP contribution < -0.4 is 30.4 Å². The van der Waals surface area contributed by atoms with Crippen molar-refractivity contribution >= 4 is 49.7 Å². The summed E-state index contributed by atoms with van der Waals surface area (Å²) < 4.78 is 27.9. The molecule has 0 atom stereocenters. The largest absolute Gasteiger partial charge is 0.507 e. The molecule has 0 unspecified atom stereocenters. The Balaban J connectivity index is 0.000000168. The first kappa shape index (κ1) is 35.0. The van der Waals surface area contributed by atoms with E-state index >= 15 is 0 Å². The smallest absolute Gasteiger partial charge is 0.257 e. The van der Waals surface area contributed by atoms with E-state index in [2.05, 4.69) is 15.3 Å². The molecule has 0 aliphatic carbocycles. The molecule has 0 bridgehead atoms. The molecule has 8 rings (SSSR count). The highest BCUT2D eigenvalue weighted by molar-refractivity contribution is 5.92. The average Bonchev–Trinajstić information content (AvgIpc) is 3.19. The summed E-state index contributed by atoms with van der Waals surface area (Å²) in [7, 11) is 4.32. The van der Waals surface area contributed by atoms with Crippen molar-refractivity contribution in [3.8, 4) is 51.4 Å². The predicted molar refractivity (Wildman–Crippen MR) is 202 cm³/mol. The first-order valence-electron chi connectivity index (χ1n) is 16.4. The lowest BCUT2D eigenvalue weighted by molar-refractivity contribution is -0.122. The van der Waals surface area contributed by atoms with Crippen LogP contribution in [0.15, 0.2) is 122 Å². The molecule has 270 valence electrons. The number of nitrogens with zero attached hydrogens (tertiary/aromatic N) is 2. The van der Waals surface area contributed by atoms with Crippen molar-refractivity contribution in [2.75, 3.05) is 27.9 Å². The van der Waals surface area contributed by atoms with Crippen molar-refractivity contribution in [2.45, 2.75) is 0 Å². The van der Waals surface area contributed by atoms with E-state index in [1.807, 2.05) is 54.6 Å². The van der Waals surface area contributed by atoms with Gasteiger partial charge in [-0.15, -0.1) is 0 Å². The number of amides is 1. The van der Waals surface area contributed by atoms with Gasteiger partial charge in [0.25, 0.3) is 5.91 Å². The standard InChI is InChI=1S/C22H18N2O5.C19H13NO5/c1-23-20(26)12-28-18-8-6-15-17(25)11-19(29-21(15)22(18)27-2)14-5-7-16-13(10-14)4-3-9-24-16;1-24-18-15(23)8-13(21)17-14(22)9-16(25-19(17)18)11-4-5-12-10(7-11)3-2-6-20-12/h3-11H,12H2,1-2H3,(H,23,26);2-9,21,23H,1H3. The Morgan fingerprint density at radius 1 is 0.704 bits per heavy atom. The summed E-state index contributed by atoms with van der Waals surface area (Å²) in [6, 6.07) is 25.6. The zero-order valence-electron chi connectivity index (χ0n) is 29.1. The van der Waals surface area contributed by atoms with Crippen LogP contribution in [0, 0.1) is 0 Å². The molecule has 4 aromatic heterocycles. The Kier molecular flexibility index (Phi) is 9.52. The van der Waals surface area contributed by atoms with Crippen molar-refractivity contribution in [1.82, 2.24) is 15.3 Å². The SMILES string of the molecule is CNC(=O)COc1ccc2c(=O)cc(-c3ccc4ncccc4c3)oc2c1OC.COc1c(O)cc(O)c2c(=O)cc(-c3ccc4ncccc4c3)oc12. The molecule has 13 heteroatoms. The predicted octanol–water partition coefficient (Wildman–Crippen LogP) is 6.57. The van der Waals surface area contributed by atoms with E-state index in [-0.39, 0.29) is 57.5 Å². The minimum Gasteiger partial charge on any atom is -0.507 e. The molecule has 3 N–H and O–H groups in total. The van der Waals surface area contributed by atoms with Gasteiger partial charge in [-0.2, -0.15) is 0 Å². The van der Waals surface area contributed by atoms with E-state index in [0.29, 0.717) is 28.2 Å². The molecule has 13 nitrogen and oxygen atoms in total. The quantitative estimate of drug-likeness (QED) is 0.161. The third-order valence-corrected chi connectivity index (χ3v) is 8.55. The first-order chi connectivity index (χ1) is 26.2. The molecule has 0 spiro atoms. The highest BCUT2D eigenvalue weighted by Crippen LogP contribution is 2.40. The zero-order chi connectivity index (χ0) is 37.9. The molecule has 0 radical (unpaired) electrons.